The zero-order chi connectivity index (χ0) is 67.7. The maximum atomic E-state index is 12.6. The van der Waals surface area contributed by atoms with Gasteiger partial charge in [-0.15, -0.1) is 0 Å². The van der Waals surface area contributed by atoms with Gasteiger partial charge in [-0.1, -0.05) is 429 Å². The molecular formula is C88H169NO5. The van der Waals surface area contributed by atoms with E-state index in [1.54, 1.807) is 6.08 Å². The second kappa shape index (κ2) is 83.5. The van der Waals surface area contributed by atoms with Crippen molar-refractivity contribution in [1.82, 2.24) is 5.32 Å². The number of ether oxygens (including phenoxy) is 1. The predicted molar refractivity (Wildman–Crippen MR) is 416 cm³/mol. The van der Waals surface area contributed by atoms with E-state index in [9.17, 15) is 19.8 Å². The lowest BCUT2D eigenvalue weighted by atomic mass is 10.0. The molecule has 0 saturated heterocycles. The van der Waals surface area contributed by atoms with Gasteiger partial charge in [0, 0.05) is 12.8 Å². The molecule has 6 heteroatoms. The standard InChI is InChI=1S/C88H169NO5/c1-3-5-7-9-11-13-15-17-19-21-22-23-24-40-43-46-49-52-56-60-64-68-72-76-80-86(91)85(84-90)89-87(92)81-77-73-69-65-61-57-53-50-47-44-41-38-36-34-32-30-28-26-25-27-29-31-33-35-37-39-42-45-48-51-55-59-63-67-71-75-79-83-94-88(93)82-78-74-70-66-62-58-54-20-18-16-14-12-10-8-6-4-2/h20,25,27,54,76,80,85-86,90-91H,3-19,21-24,26,28-53,55-75,77-79,81-84H2,1-2H3,(H,89,92)/b27-25-,54-20-,80-76+. The molecule has 0 radical (unpaired) electrons. The number of carbonyl (C=O) groups excluding carboxylic acids is 2. The summed E-state index contributed by atoms with van der Waals surface area (Å²) in [4.78, 5) is 24.7. The number of aliphatic hydroxyl groups is 2. The topological polar surface area (TPSA) is 95.9 Å². The molecular weight excluding hydrogens is 1150 g/mol. The first kappa shape index (κ1) is 92.1. The van der Waals surface area contributed by atoms with Gasteiger partial charge in [-0.05, 0) is 83.5 Å². The van der Waals surface area contributed by atoms with Crippen LogP contribution in [0, 0.1) is 0 Å². The van der Waals surface area contributed by atoms with Gasteiger partial charge in [-0.25, -0.2) is 0 Å². The lowest BCUT2D eigenvalue weighted by Crippen LogP contribution is -2.45. The van der Waals surface area contributed by atoms with E-state index in [0.29, 0.717) is 19.4 Å². The minimum atomic E-state index is -0.844. The molecule has 0 bridgehead atoms. The third-order valence-electron chi connectivity index (χ3n) is 20.4. The van der Waals surface area contributed by atoms with Crippen molar-refractivity contribution >= 4 is 11.9 Å². The van der Waals surface area contributed by atoms with Crippen LogP contribution in [-0.2, 0) is 14.3 Å². The molecule has 6 nitrogen and oxygen atoms in total. The second-order valence-electron chi connectivity index (χ2n) is 29.9. The van der Waals surface area contributed by atoms with E-state index in [4.69, 9.17) is 4.74 Å². The summed E-state index contributed by atoms with van der Waals surface area (Å²) < 4.78 is 5.51. The van der Waals surface area contributed by atoms with Crippen molar-refractivity contribution in [2.45, 2.75) is 501 Å². The number of allylic oxidation sites excluding steroid dienone is 5. The van der Waals surface area contributed by atoms with Crippen molar-refractivity contribution in [3.05, 3.63) is 36.5 Å². The van der Waals surface area contributed by atoms with Crippen LogP contribution in [0.4, 0.5) is 0 Å². The van der Waals surface area contributed by atoms with Gasteiger partial charge in [0.05, 0.1) is 25.4 Å². The summed E-state index contributed by atoms with van der Waals surface area (Å²) in [5.41, 5.74) is 0. The van der Waals surface area contributed by atoms with Crippen molar-refractivity contribution in [3.63, 3.8) is 0 Å². The third-order valence-corrected chi connectivity index (χ3v) is 20.4. The van der Waals surface area contributed by atoms with E-state index < -0.39 is 12.1 Å². The highest BCUT2D eigenvalue weighted by molar-refractivity contribution is 5.76. The molecule has 2 atom stereocenters. The van der Waals surface area contributed by atoms with Crippen LogP contribution in [0.1, 0.15) is 489 Å². The molecule has 2 unspecified atom stereocenters. The number of amides is 1. The van der Waals surface area contributed by atoms with E-state index in [1.165, 1.54) is 417 Å². The number of carbonyl (C=O) groups is 2. The Morgan fingerprint density at radius 3 is 0.755 bits per heavy atom. The van der Waals surface area contributed by atoms with Crippen LogP contribution in [-0.4, -0.2) is 47.4 Å². The van der Waals surface area contributed by atoms with Crippen LogP contribution in [0.2, 0.25) is 0 Å². The summed E-state index contributed by atoms with van der Waals surface area (Å²) in [6.07, 6.45) is 110. The number of hydrogen-bond acceptors (Lipinski definition) is 5. The first-order valence-electron chi connectivity index (χ1n) is 43.3. The van der Waals surface area contributed by atoms with Gasteiger partial charge in [0.15, 0.2) is 0 Å². The van der Waals surface area contributed by atoms with Gasteiger partial charge < -0.3 is 20.3 Å². The number of aliphatic hydroxyl groups excluding tert-OH is 2. The van der Waals surface area contributed by atoms with Gasteiger partial charge in [-0.3, -0.25) is 9.59 Å². The van der Waals surface area contributed by atoms with Crippen LogP contribution in [0.3, 0.4) is 0 Å². The fourth-order valence-electron chi connectivity index (χ4n) is 13.8. The Morgan fingerprint density at radius 1 is 0.287 bits per heavy atom. The number of unbranched alkanes of at least 4 members (excludes halogenated alkanes) is 67. The second-order valence-corrected chi connectivity index (χ2v) is 29.9. The number of rotatable bonds is 82. The molecule has 0 aromatic heterocycles. The molecule has 0 aliphatic carbocycles. The fraction of sp³-hybridized carbons (Fsp3) is 0.909. The average Bonchev–Trinajstić information content (AvgIpc) is 3.79. The highest BCUT2D eigenvalue weighted by atomic mass is 16.5. The Bertz CT molecular complexity index is 1520. The van der Waals surface area contributed by atoms with Crippen molar-refractivity contribution in [3.8, 4) is 0 Å². The molecule has 0 spiro atoms. The summed E-state index contributed by atoms with van der Waals surface area (Å²) in [6.45, 7) is 4.96. The normalized spacial score (nSPS) is 12.6. The molecule has 3 N–H and O–H groups in total. The summed E-state index contributed by atoms with van der Waals surface area (Å²) >= 11 is 0. The summed E-state index contributed by atoms with van der Waals surface area (Å²) in [5.74, 6) is -0.0437. The Morgan fingerprint density at radius 2 is 0.500 bits per heavy atom. The van der Waals surface area contributed by atoms with Crippen molar-refractivity contribution in [2.24, 2.45) is 0 Å². The lowest BCUT2D eigenvalue weighted by Gasteiger charge is -2.20. The van der Waals surface area contributed by atoms with E-state index in [-0.39, 0.29) is 18.5 Å². The summed E-state index contributed by atoms with van der Waals surface area (Å²) in [6, 6.07) is -0.627. The Labute approximate surface area is 589 Å². The van der Waals surface area contributed by atoms with Crippen LogP contribution in [0.25, 0.3) is 0 Å². The summed E-state index contributed by atoms with van der Waals surface area (Å²) in [5, 5.41) is 23.3. The van der Waals surface area contributed by atoms with Crippen LogP contribution in [0.5, 0.6) is 0 Å². The van der Waals surface area contributed by atoms with Crippen molar-refractivity contribution < 1.29 is 24.5 Å². The largest absolute Gasteiger partial charge is 0.466 e. The Kier molecular flexibility index (Phi) is 81.8. The number of hydrogen-bond donors (Lipinski definition) is 3. The van der Waals surface area contributed by atoms with Crippen molar-refractivity contribution in [2.75, 3.05) is 13.2 Å². The SMILES string of the molecule is CCCCCCCCC/C=C\CCCCCCCC(=O)OCCCCCCCCCCCCCCCCCC/C=C\CCCCCCCCCCCCCCCCCCCC(=O)NC(CO)C(O)/C=C/CCCCCCCCCCCCCCCCCCCCCCCC. The molecule has 94 heavy (non-hydrogen) atoms. The highest BCUT2D eigenvalue weighted by Crippen LogP contribution is 2.20. The molecule has 0 aliphatic heterocycles. The minimum Gasteiger partial charge on any atom is -0.466 e. The number of nitrogens with one attached hydrogen (secondary N) is 1. The van der Waals surface area contributed by atoms with Crippen molar-refractivity contribution in [1.29, 1.82) is 0 Å². The molecule has 0 rings (SSSR count). The van der Waals surface area contributed by atoms with E-state index in [1.807, 2.05) is 6.08 Å². The predicted octanol–water partition coefficient (Wildman–Crippen LogP) is 28.9. The molecule has 0 heterocycles. The van der Waals surface area contributed by atoms with Crippen LogP contribution in [0.15, 0.2) is 36.5 Å². The van der Waals surface area contributed by atoms with Gasteiger partial charge in [0.1, 0.15) is 0 Å². The zero-order valence-electron chi connectivity index (χ0n) is 64.0. The molecule has 1 amide bonds. The molecule has 0 aliphatic rings. The van der Waals surface area contributed by atoms with Crippen LogP contribution < -0.4 is 5.32 Å². The van der Waals surface area contributed by atoms with Crippen LogP contribution >= 0.6 is 0 Å². The molecule has 0 fully saturated rings. The minimum absolute atomic E-state index is 0.0148. The van der Waals surface area contributed by atoms with Gasteiger partial charge in [0.25, 0.3) is 0 Å². The highest BCUT2D eigenvalue weighted by Gasteiger charge is 2.18. The van der Waals surface area contributed by atoms with Gasteiger partial charge >= 0.3 is 5.97 Å². The lowest BCUT2D eigenvalue weighted by molar-refractivity contribution is -0.143. The maximum Gasteiger partial charge on any atom is 0.305 e. The van der Waals surface area contributed by atoms with Gasteiger partial charge in [0.2, 0.25) is 5.91 Å². The molecule has 0 saturated carbocycles. The first-order chi connectivity index (χ1) is 46.5. The smallest absolute Gasteiger partial charge is 0.305 e. The number of esters is 1. The fourth-order valence-corrected chi connectivity index (χ4v) is 13.8. The van der Waals surface area contributed by atoms with E-state index >= 15 is 0 Å². The molecule has 556 valence electrons. The van der Waals surface area contributed by atoms with E-state index in [0.717, 1.165) is 44.9 Å². The van der Waals surface area contributed by atoms with Gasteiger partial charge in [-0.2, -0.15) is 0 Å². The maximum absolute atomic E-state index is 12.6. The monoisotopic (exact) mass is 1320 g/mol. The van der Waals surface area contributed by atoms with E-state index in [2.05, 4.69) is 43.5 Å². The summed E-state index contributed by atoms with van der Waals surface area (Å²) in [7, 11) is 0. The molecule has 0 aromatic carbocycles. The first-order valence-corrected chi connectivity index (χ1v) is 43.3. The zero-order valence-corrected chi connectivity index (χ0v) is 64.0. The Balaban J connectivity index is 3.36. The Hall–Kier alpha value is -1.92. The molecule has 0 aromatic rings. The quantitative estimate of drug-likeness (QED) is 0.0320. The third kappa shape index (κ3) is 79.1. The average molecular weight is 1320 g/mol.